The molecule has 5 heteroatoms. The summed E-state index contributed by atoms with van der Waals surface area (Å²) in [4.78, 5) is 18.1. The molecule has 1 amide bonds. The maximum atomic E-state index is 12.3. The van der Waals surface area contributed by atoms with Crippen LogP contribution in [0.15, 0.2) is 30.3 Å². The molecular formula is C15H17N3OS. The molecule has 1 aromatic heterocycles. The summed E-state index contributed by atoms with van der Waals surface area (Å²) in [5.41, 5.74) is 7.84. The Bertz CT molecular complexity index is 587. The van der Waals surface area contributed by atoms with Crippen LogP contribution in [0, 0.1) is 0 Å². The molecule has 4 nitrogen and oxygen atoms in total. The third kappa shape index (κ3) is 2.59. The molecule has 1 unspecified atom stereocenters. The van der Waals surface area contributed by atoms with Crippen LogP contribution in [0.25, 0.3) is 0 Å². The largest absolute Gasteiger partial charge is 0.329 e. The van der Waals surface area contributed by atoms with Gasteiger partial charge in [0, 0.05) is 11.4 Å². The molecule has 0 bridgehead atoms. The van der Waals surface area contributed by atoms with E-state index in [1.807, 2.05) is 30.3 Å². The van der Waals surface area contributed by atoms with Crippen LogP contribution in [-0.4, -0.2) is 17.4 Å². The van der Waals surface area contributed by atoms with Gasteiger partial charge in [-0.15, -0.1) is 11.3 Å². The number of carbonyl (C=O) groups is 1. The molecule has 1 aliphatic rings. The van der Waals surface area contributed by atoms with Gasteiger partial charge in [-0.3, -0.25) is 4.79 Å². The quantitative estimate of drug-likeness (QED) is 0.906. The number of aryl methyl sites for hydroxylation is 2. The summed E-state index contributed by atoms with van der Waals surface area (Å²) in [5, 5.41) is 3.61. The first-order valence-electron chi connectivity index (χ1n) is 6.82. The van der Waals surface area contributed by atoms with Gasteiger partial charge in [0.05, 0.1) is 11.6 Å². The number of rotatable bonds is 4. The minimum atomic E-state index is -0.324. The second-order valence-corrected chi connectivity index (χ2v) is 6.01. The van der Waals surface area contributed by atoms with Crippen molar-refractivity contribution in [1.29, 1.82) is 0 Å². The van der Waals surface area contributed by atoms with E-state index in [1.54, 1.807) is 11.3 Å². The monoisotopic (exact) mass is 287 g/mol. The summed E-state index contributed by atoms with van der Waals surface area (Å²) in [6.07, 6.45) is 3.29. The van der Waals surface area contributed by atoms with Crippen LogP contribution in [0.5, 0.6) is 0 Å². The fourth-order valence-corrected chi connectivity index (χ4v) is 3.57. The Hall–Kier alpha value is -1.72. The normalized spacial score (nSPS) is 14.8. The van der Waals surface area contributed by atoms with Crippen LogP contribution in [0.3, 0.4) is 0 Å². The highest BCUT2D eigenvalue weighted by Crippen LogP contribution is 2.31. The summed E-state index contributed by atoms with van der Waals surface area (Å²) in [5.74, 6) is -0.402. The number of hydrogen-bond acceptors (Lipinski definition) is 4. The van der Waals surface area contributed by atoms with Crippen molar-refractivity contribution in [3.63, 3.8) is 0 Å². The second-order valence-electron chi connectivity index (χ2n) is 4.93. The van der Waals surface area contributed by atoms with Gasteiger partial charge in [0.25, 0.3) is 0 Å². The van der Waals surface area contributed by atoms with Gasteiger partial charge in [0.2, 0.25) is 5.91 Å². The first-order chi connectivity index (χ1) is 9.78. The summed E-state index contributed by atoms with van der Waals surface area (Å²) in [6, 6.07) is 9.63. The molecule has 0 saturated carbocycles. The molecular weight excluding hydrogens is 270 g/mol. The third-order valence-corrected chi connectivity index (χ3v) is 4.65. The van der Waals surface area contributed by atoms with Gasteiger partial charge in [0.15, 0.2) is 5.13 Å². The molecule has 2 aromatic rings. The third-order valence-electron chi connectivity index (χ3n) is 3.58. The molecule has 1 atom stereocenters. The van der Waals surface area contributed by atoms with E-state index >= 15 is 0 Å². The van der Waals surface area contributed by atoms with Gasteiger partial charge < -0.3 is 11.1 Å². The smallest absolute Gasteiger partial charge is 0.234 e. The lowest BCUT2D eigenvalue weighted by Crippen LogP contribution is -2.27. The Morgan fingerprint density at radius 1 is 1.35 bits per heavy atom. The maximum absolute atomic E-state index is 12.3. The van der Waals surface area contributed by atoms with Crippen molar-refractivity contribution in [2.45, 2.75) is 25.2 Å². The van der Waals surface area contributed by atoms with Crippen LogP contribution in [-0.2, 0) is 17.6 Å². The van der Waals surface area contributed by atoms with Crippen LogP contribution >= 0.6 is 11.3 Å². The maximum Gasteiger partial charge on any atom is 0.234 e. The predicted molar refractivity (Wildman–Crippen MR) is 81.0 cm³/mol. The van der Waals surface area contributed by atoms with Crippen molar-refractivity contribution in [3.05, 3.63) is 46.5 Å². The second kappa shape index (κ2) is 5.73. The zero-order chi connectivity index (χ0) is 13.9. The van der Waals surface area contributed by atoms with E-state index in [4.69, 9.17) is 5.73 Å². The Morgan fingerprint density at radius 3 is 2.85 bits per heavy atom. The van der Waals surface area contributed by atoms with Gasteiger partial charge in [0.1, 0.15) is 0 Å². The number of nitrogens with one attached hydrogen (secondary N) is 1. The number of amides is 1. The molecule has 0 fully saturated rings. The van der Waals surface area contributed by atoms with Crippen LogP contribution < -0.4 is 11.1 Å². The number of nitrogens with zero attached hydrogens (tertiary/aromatic N) is 1. The van der Waals surface area contributed by atoms with Gasteiger partial charge in [-0.1, -0.05) is 30.3 Å². The van der Waals surface area contributed by atoms with Crippen molar-refractivity contribution in [1.82, 2.24) is 4.98 Å². The first-order valence-corrected chi connectivity index (χ1v) is 7.64. The van der Waals surface area contributed by atoms with E-state index in [1.165, 1.54) is 11.3 Å². The van der Waals surface area contributed by atoms with E-state index < -0.39 is 0 Å². The molecule has 0 spiro atoms. The molecule has 3 N–H and O–H groups in total. The van der Waals surface area contributed by atoms with E-state index in [-0.39, 0.29) is 11.8 Å². The van der Waals surface area contributed by atoms with Gasteiger partial charge in [-0.2, -0.15) is 0 Å². The van der Waals surface area contributed by atoms with Gasteiger partial charge in [-0.05, 0) is 24.8 Å². The summed E-state index contributed by atoms with van der Waals surface area (Å²) >= 11 is 1.59. The van der Waals surface area contributed by atoms with E-state index in [2.05, 4.69) is 10.3 Å². The number of hydrogen-bond donors (Lipinski definition) is 2. The Balaban J connectivity index is 1.74. The fraction of sp³-hybridized carbons (Fsp3) is 0.333. The summed E-state index contributed by atoms with van der Waals surface area (Å²) in [6.45, 7) is 0.293. The van der Waals surface area contributed by atoms with Crippen molar-refractivity contribution in [2.24, 2.45) is 5.73 Å². The minimum Gasteiger partial charge on any atom is -0.329 e. The lowest BCUT2D eigenvalue weighted by Gasteiger charge is -2.13. The van der Waals surface area contributed by atoms with Crippen molar-refractivity contribution >= 4 is 22.4 Å². The Labute approximate surface area is 122 Å². The number of nitrogens with two attached hydrogens (primary N) is 1. The van der Waals surface area contributed by atoms with Gasteiger partial charge in [-0.25, -0.2) is 4.98 Å². The minimum absolute atomic E-state index is 0.0777. The van der Waals surface area contributed by atoms with Gasteiger partial charge >= 0.3 is 0 Å². The molecule has 3 rings (SSSR count). The average Bonchev–Trinajstić information content (AvgIpc) is 3.01. The lowest BCUT2D eigenvalue weighted by atomic mass is 9.99. The van der Waals surface area contributed by atoms with E-state index in [0.29, 0.717) is 11.7 Å². The zero-order valence-corrected chi connectivity index (χ0v) is 12.0. The van der Waals surface area contributed by atoms with Crippen LogP contribution in [0.1, 0.15) is 28.5 Å². The van der Waals surface area contributed by atoms with Crippen LogP contribution in [0.4, 0.5) is 5.13 Å². The standard InChI is InChI=1S/C15H17N3OS/c16-9-11(10-5-2-1-3-6-10)14(19)18-15-17-12-7-4-8-13(12)20-15/h1-3,5-6,11H,4,7-9,16H2,(H,17,18,19). The molecule has 20 heavy (non-hydrogen) atoms. The molecule has 0 aliphatic heterocycles. The average molecular weight is 287 g/mol. The molecule has 104 valence electrons. The lowest BCUT2D eigenvalue weighted by molar-refractivity contribution is -0.117. The van der Waals surface area contributed by atoms with Crippen molar-refractivity contribution in [3.8, 4) is 0 Å². The number of anilines is 1. The SMILES string of the molecule is NCC(C(=O)Nc1nc2c(s1)CCC2)c1ccccc1. The molecule has 1 heterocycles. The number of benzene rings is 1. The molecule has 0 radical (unpaired) electrons. The van der Waals surface area contributed by atoms with Crippen molar-refractivity contribution in [2.75, 3.05) is 11.9 Å². The van der Waals surface area contributed by atoms with E-state index in [0.717, 1.165) is 24.1 Å². The van der Waals surface area contributed by atoms with E-state index in [9.17, 15) is 4.79 Å². The predicted octanol–water partition coefficient (Wildman–Crippen LogP) is 2.31. The Morgan fingerprint density at radius 2 is 2.15 bits per heavy atom. The van der Waals surface area contributed by atoms with Crippen molar-refractivity contribution < 1.29 is 4.79 Å². The zero-order valence-electron chi connectivity index (χ0n) is 11.1. The number of aromatic nitrogens is 1. The highest BCUT2D eigenvalue weighted by Gasteiger charge is 2.22. The summed E-state index contributed by atoms with van der Waals surface area (Å²) < 4.78 is 0. The summed E-state index contributed by atoms with van der Waals surface area (Å²) in [7, 11) is 0. The first kappa shape index (κ1) is 13.3. The molecule has 0 saturated heterocycles. The molecule has 1 aliphatic carbocycles. The fourth-order valence-electron chi connectivity index (χ4n) is 2.52. The molecule has 1 aromatic carbocycles. The highest BCUT2D eigenvalue weighted by molar-refractivity contribution is 7.15. The number of thiazole rings is 1. The highest BCUT2D eigenvalue weighted by atomic mass is 32.1. The van der Waals surface area contributed by atoms with Crippen LogP contribution in [0.2, 0.25) is 0 Å². The number of carbonyl (C=O) groups excluding carboxylic acids is 1. The Kier molecular flexibility index (Phi) is 3.80. The number of fused-ring (bicyclic) bond motifs is 1. The topological polar surface area (TPSA) is 68.0 Å².